The number of ketones is 1. The van der Waals surface area contributed by atoms with E-state index in [1.165, 1.54) is 0 Å². The van der Waals surface area contributed by atoms with Crippen molar-refractivity contribution in [3.8, 4) is 0 Å². The van der Waals surface area contributed by atoms with Crippen LogP contribution in [0.1, 0.15) is 36.0 Å². The molecule has 2 rings (SSSR count). The summed E-state index contributed by atoms with van der Waals surface area (Å²) in [6, 6.07) is 9.38. The summed E-state index contributed by atoms with van der Waals surface area (Å²) in [6.07, 6.45) is 2.50. The highest BCUT2D eigenvalue weighted by atomic mass is 16.2. The van der Waals surface area contributed by atoms with E-state index in [4.69, 9.17) is 0 Å². The molecular weight excluding hydrogens is 240 g/mol. The molecule has 0 unspecified atom stereocenters. The molecule has 1 saturated heterocycles. The van der Waals surface area contributed by atoms with Crippen molar-refractivity contribution < 1.29 is 9.59 Å². The van der Waals surface area contributed by atoms with Crippen LogP contribution in [0.3, 0.4) is 0 Å². The van der Waals surface area contributed by atoms with Gasteiger partial charge in [-0.15, -0.1) is 0 Å². The van der Waals surface area contributed by atoms with Gasteiger partial charge in [-0.3, -0.25) is 9.59 Å². The second-order valence-corrected chi connectivity index (χ2v) is 4.88. The van der Waals surface area contributed by atoms with Gasteiger partial charge in [0.2, 0.25) is 5.91 Å². The van der Waals surface area contributed by atoms with E-state index in [1.54, 1.807) is 12.1 Å². The third kappa shape index (κ3) is 4.48. The first-order valence-corrected chi connectivity index (χ1v) is 6.84. The molecular formula is C15H20N2O2. The first kappa shape index (κ1) is 13.7. The van der Waals surface area contributed by atoms with Gasteiger partial charge in [-0.1, -0.05) is 30.3 Å². The molecule has 1 heterocycles. The highest BCUT2D eigenvalue weighted by Crippen LogP contribution is 2.06. The van der Waals surface area contributed by atoms with Crippen LogP contribution in [0, 0.1) is 0 Å². The van der Waals surface area contributed by atoms with Crippen LogP contribution in [-0.2, 0) is 4.79 Å². The smallest absolute Gasteiger partial charge is 0.220 e. The van der Waals surface area contributed by atoms with E-state index in [9.17, 15) is 9.59 Å². The van der Waals surface area contributed by atoms with Crippen LogP contribution in [0.5, 0.6) is 0 Å². The number of nitrogens with one attached hydrogen (secondary N) is 2. The molecule has 0 aliphatic carbocycles. The Balaban J connectivity index is 1.72. The molecule has 0 spiro atoms. The van der Waals surface area contributed by atoms with Crippen molar-refractivity contribution in [1.29, 1.82) is 0 Å². The Hall–Kier alpha value is -1.68. The lowest BCUT2D eigenvalue weighted by molar-refractivity contribution is -0.121. The summed E-state index contributed by atoms with van der Waals surface area (Å²) in [7, 11) is 0. The molecule has 0 bridgehead atoms. The van der Waals surface area contributed by atoms with Crippen molar-refractivity contribution in [1.82, 2.24) is 10.6 Å². The van der Waals surface area contributed by atoms with Gasteiger partial charge in [-0.25, -0.2) is 0 Å². The summed E-state index contributed by atoms with van der Waals surface area (Å²) in [6.45, 7) is 1.90. The SMILES string of the molecule is O=C(CCC(=O)c1ccccc1)NC1CCNCC1. The monoisotopic (exact) mass is 260 g/mol. The zero-order chi connectivity index (χ0) is 13.5. The van der Waals surface area contributed by atoms with Gasteiger partial charge in [0.05, 0.1) is 0 Å². The van der Waals surface area contributed by atoms with Crippen LogP contribution in [0.2, 0.25) is 0 Å². The van der Waals surface area contributed by atoms with Crippen LogP contribution in [0.4, 0.5) is 0 Å². The zero-order valence-corrected chi connectivity index (χ0v) is 11.0. The van der Waals surface area contributed by atoms with E-state index in [2.05, 4.69) is 10.6 Å². The minimum Gasteiger partial charge on any atom is -0.353 e. The maximum absolute atomic E-state index is 11.9. The molecule has 4 heteroatoms. The van der Waals surface area contributed by atoms with Gasteiger partial charge in [0.15, 0.2) is 5.78 Å². The lowest BCUT2D eigenvalue weighted by Gasteiger charge is -2.23. The maximum atomic E-state index is 11.9. The summed E-state index contributed by atoms with van der Waals surface area (Å²) in [5.74, 6) is 0.0113. The molecule has 19 heavy (non-hydrogen) atoms. The molecule has 1 aliphatic heterocycles. The predicted molar refractivity (Wildman–Crippen MR) is 74.0 cm³/mol. The summed E-state index contributed by atoms with van der Waals surface area (Å²) >= 11 is 0. The number of carbonyl (C=O) groups is 2. The Labute approximate surface area is 113 Å². The van der Waals surface area contributed by atoms with E-state index in [0.717, 1.165) is 25.9 Å². The molecule has 102 valence electrons. The third-order valence-corrected chi connectivity index (χ3v) is 3.38. The number of benzene rings is 1. The average Bonchev–Trinajstić information content (AvgIpc) is 2.47. The minimum absolute atomic E-state index is 0.0174. The molecule has 0 radical (unpaired) electrons. The number of amides is 1. The van der Waals surface area contributed by atoms with Gasteiger partial charge >= 0.3 is 0 Å². The lowest BCUT2D eigenvalue weighted by atomic mass is 10.0. The van der Waals surface area contributed by atoms with Crippen molar-refractivity contribution >= 4 is 11.7 Å². The van der Waals surface area contributed by atoms with Crippen molar-refractivity contribution in [3.63, 3.8) is 0 Å². The van der Waals surface area contributed by atoms with E-state index >= 15 is 0 Å². The Bertz CT molecular complexity index is 425. The molecule has 1 aromatic carbocycles. The number of rotatable bonds is 5. The fraction of sp³-hybridized carbons (Fsp3) is 0.467. The standard InChI is InChI=1S/C15H20N2O2/c18-14(12-4-2-1-3-5-12)6-7-15(19)17-13-8-10-16-11-9-13/h1-5,13,16H,6-11H2,(H,17,19). The van der Waals surface area contributed by atoms with Crippen LogP contribution >= 0.6 is 0 Å². The first-order valence-electron chi connectivity index (χ1n) is 6.84. The fourth-order valence-corrected chi connectivity index (χ4v) is 2.26. The van der Waals surface area contributed by atoms with Gasteiger partial charge in [-0.05, 0) is 25.9 Å². The number of hydrogen-bond acceptors (Lipinski definition) is 3. The molecule has 0 atom stereocenters. The number of carbonyl (C=O) groups excluding carboxylic acids is 2. The number of piperidine rings is 1. The second kappa shape index (κ2) is 7.04. The maximum Gasteiger partial charge on any atom is 0.220 e. The van der Waals surface area contributed by atoms with Crippen LogP contribution in [0.15, 0.2) is 30.3 Å². The fourth-order valence-electron chi connectivity index (χ4n) is 2.26. The Morgan fingerprint density at radius 3 is 2.47 bits per heavy atom. The second-order valence-electron chi connectivity index (χ2n) is 4.88. The Morgan fingerprint density at radius 2 is 1.79 bits per heavy atom. The third-order valence-electron chi connectivity index (χ3n) is 3.38. The van der Waals surface area contributed by atoms with Crippen LogP contribution < -0.4 is 10.6 Å². The van der Waals surface area contributed by atoms with E-state index in [-0.39, 0.29) is 30.6 Å². The molecule has 4 nitrogen and oxygen atoms in total. The van der Waals surface area contributed by atoms with Gasteiger partial charge in [-0.2, -0.15) is 0 Å². The molecule has 1 fully saturated rings. The normalized spacial score (nSPS) is 16.0. The van der Waals surface area contributed by atoms with Crippen molar-refractivity contribution in [2.45, 2.75) is 31.7 Å². The van der Waals surface area contributed by atoms with E-state index in [1.807, 2.05) is 18.2 Å². The summed E-state index contributed by atoms with van der Waals surface area (Å²) in [5, 5.41) is 6.25. The Morgan fingerprint density at radius 1 is 1.11 bits per heavy atom. The highest BCUT2D eigenvalue weighted by molar-refractivity contribution is 5.97. The number of hydrogen-bond donors (Lipinski definition) is 2. The summed E-state index contributed by atoms with van der Waals surface area (Å²) < 4.78 is 0. The molecule has 0 aromatic heterocycles. The molecule has 1 aliphatic rings. The summed E-state index contributed by atoms with van der Waals surface area (Å²) in [4.78, 5) is 23.6. The average molecular weight is 260 g/mol. The van der Waals surface area contributed by atoms with Gasteiger partial charge in [0, 0.05) is 24.4 Å². The van der Waals surface area contributed by atoms with Gasteiger partial charge < -0.3 is 10.6 Å². The topological polar surface area (TPSA) is 58.2 Å². The summed E-state index contributed by atoms with van der Waals surface area (Å²) in [5.41, 5.74) is 0.678. The molecule has 2 N–H and O–H groups in total. The molecule has 1 aromatic rings. The first-order chi connectivity index (χ1) is 9.25. The predicted octanol–water partition coefficient (Wildman–Crippen LogP) is 1.52. The zero-order valence-electron chi connectivity index (χ0n) is 11.0. The van der Waals surface area contributed by atoms with E-state index in [0.29, 0.717) is 5.56 Å². The van der Waals surface area contributed by atoms with Crippen LogP contribution in [0.25, 0.3) is 0 Å². The Kier molecular flexibility index (Phi) is 5.10. The van der Waals surface area contributed by atoms with Gasteiger partial charge in [0.25, 0.3) is 0 Å². The highest BCUT2D eigenvalue weighted by Gasteiger charge is 2.16. The van der Waals surface area contributed by atoms with Crippen molar-refractivity contribution in [2.24, 2.45) is 0 Å². The molecule has 0 saturated carbocycles. The molecule has 1 amide bonds. The van der Waals surface area contributed by atoms with E-state index < -0.39 is 0 Å². The van der Waals surface area contributed by atoms with Crippen molar-refractivity contribution in [2.75, 3.05) is 13.1 Å². The van der Waals surface area contributed by atoms with Crippen LogP contribution in [-0.4, -0.2) is 30.8 Å². The van der Waals surface area contributed by atoms with Gasteiger partial charge in [0.1, 0.15) is 0 Å². The quantitative estimate of drug-likeness (QED) is 0.789. The number of Topliss-reactive ketones (excluding diaryl/α,β-unsaturated/α-hetero) is 1. The van der Waals surface area contributed by atoms with Crippen molar-refractivity contribution in [3.05, 3.63) is 35.9 Å². The largest absolute Gasteiger partial charge is 0.353 e. The lowest BCUT2D eigenvalue weighted by Crippen LogP contribution is -2.42. The minimum atomic E-state index is -0.0174.